The molecule has 0 aliphatic carbocycles. The second-order valence-corrected chi connectivity index (χ2v) is 10.6. The molecule has 0 saturated heterocycles. The van der Waals surface area contributed by atoms with Crippen LogP contribution in [-0.4, -0.2) is 57.0 Å². The smallest absolute Gasteiger partial charge is 0.323 e. The van der Waals surface area contributed by atoms with Gasteiger partial charge in [-0.05, 0) is 35.9 Å². The van der Waals surface area contributed by atoms with Crippen LogP contribution < -0.4 is 24.3 Å². The van der Waals surface area contributed by atoms with Gasteiger partial charge in [0.1, 0.15) is 44.0 Å². The number of fused-ring (bicyclic) bond motifs is 2. The highest BCUT2D eigenvalue weighted by Crippen LogP contribution is 2.40. The number of hydrogen-bond donors (Lipinski definition) is 3. The van der Waals surface area contributed by atoms with Crippen molar-refractivity contribution in [3.05, 3.63) is 95.0 Å². The molecule has 0 spiro atoms. The van der Waals surface area contributed by atoms with E-state index in [0.29, 0.717) is 58.1 Å². The SMILES string of the molecule is N#Cc1cncc(COc2cc(Oc3ncnc4c(-c5ccc6c(c5)OCCO6)cccc34)c(Cl)cc2CNC(CO)C(=O)O)c1. The van der Waals surface area contributed by atoms with Crippen molar-refractivity contribution in [1.29, 1.82) is 5.26 Å². The average molecular weight is 640 g/mol. The Morgan fingerprint density at radius 1 is 1.07 bits per heavy atom. The molecule has 2 aromatic heterocycles. The minimum absolute atomic E-state index is 0.0126. The number of halogens is 1. The van der Waals surface area contributed by atoms with Crippen LogP contribution in [0.15, 0.2) is 73.3 Å². The van der Waals surface area contributed by atoms with Crippen LogP contribution in [0, 0.1) is 11.3 Å². The highest BCUT2D eigenvalue weighted by Gasteiger charge is 2.20. The molecule has 1 aliphatic rings. The number of aliphatic hydroxyl groups is 1. The first-order valence-corrected chi connectivity index (χ1v) is 14.5. The zero-order valence-electron chi connectivity index (χ0n) is 24.1. The van der Waals surface area contributed by atoms with Crippen molar-refractivity contribution in [3.63, 3.8) is 0 Å². The van der Waals surface area contributed by atoms with E-state index in [2.05, 4.69) is 20.3 Å². The lowest BCUT2D eigenvalue weighted by Gasteiger charge is -2.19. The third-order valence-electron chi connectivity index (χ3n) is 7.14. The molecule has 3 aromatic carbocycles. The number of aliphatic hydroxyl groups excluding tert-OH is 1. The van der Waals surface area contributed by atoms with Gasteiger partial charge in [0.25, 0.3) is 0 Å². The summed E-state index contributed by atoms with van der Waals surface area (Å²) in [6.07, 6.45) is 4.42. The predicted octanol–water partition coefficient (Wildman–Crippen LogP) is 4.89. The van der Waals surface area contributed by atoms with E-state index in [1.54, 1.807) is 24.4 Å². The van der Waals surface area contributed by atoms with Crippen molar-refractivity contribution in [3.8, 4) is 46.1 Å². The Labute approximate surface area is 267 Å². The molecule has 0 radical (unpaired) electrons. The molecule has 1 unspecified atom stereocenters. The summed E-state index contributed by atoms with van der Waals surface area (Å²) in [7, 11) is 0. The number of nitrogens with one attached hydrogen (secondary N) is 1. The Balaban J connectivity index is 1.33. The number of carboxylic acids is 1. The molecule has 12 nitrogen and oxygen atoms in total. The Hall–Kier alpha value is -5.48. The van der Waals surface area contributed by atoms with Crippen LogP contribution in [0.2, 0.25) is 5.02 Å². The zero-order chi connectivity index (χ0) is 32.0. The lowest BCUT2D eigenvalue weighted by Crippen LogP contribution is -2.39. The Bertz CT molecular complexity index is 1970. The van der Waals surface area contributed by atoms with Crippen molar-refractivity contribution in [2.75, 3.05) is 19.8 Å². The van der Waals surface area contributed by atoms with Gasteiger partial charge >= 0.3 is 5.97 Å². The molecule has 0 amide bonds. The topological polar surface area (TPSA) is 169 Å². The highest BCUT2D eigenvalue weighted by atomic mass is 35.5. The molecule has 13 heteroatoms. The van der Waals surface area contributed by atoms with Crippen LogP contribution in [0.5, 0.6) is 28.9 Å². The van der Waals surface area contributed by atoms with Crippen molar-refractivity contribution >= 4 is 28.5 Å². The molecule has 0 saturated carbocycles. The van der Waals surface area contributed by atoms with Crippen LogP contribution in [0.3, 0.4) is 0 Å². The van der Waals surface area contributed by atoms with Crippen LogP contribution in [-0.2, 0) is 17.9 Å². The summed E-state index contributed by atoms with van der Waals surface area (Å²) in [6.45, 7) is 0.422. The number of carbonyl (C=O) groups is 1. The summed E-state index contributed by atoms with van der Waals surface area (Å²) in [5, 5.41) is 31.7. The Kier molecular flexibility index (Phi) is 9.07. The zero-order valence-corrected chi connectivity index (χ0v) is 24.9. The van der Waals surface area contributed by atoms with E-state index < -0.39 is 18.6 Å². The second kappa shape index (κ2) is 13.7. The number of rotatable bonds is 11. The largest absolute Gasteiger partial charge is 0.488 e. The van der Waals surface area contributed by atoms with E-state index >= 15 is 0 Å². The van der Waals surface area contributed by atoms with Crippen molar-refractivity contribution in [1.82, 2.24) is 20.3 Å². The standard InChI is InChI=1S/C33H26ClN5O7/c34-25-9-22(15-37-26(16-40)33(41)42)28(45-17-20-8-19(12-35)13-36-14-20)11-29(25)46-32-24-3-1-2-23(31(24)38-18-39-32)21-4-5-27-30(10-21)44-7-6-43-27/h1-5,8-11,13-14,18,26,37,40H,6-7,15-17H2,(H,41,42). The number of aromatic nitrogens is 3. The first-order chi connectivity index (χ1) is 22.4. The predicted molar refractivity (Wildman–Crippen MR) is 166 cm³/mol. The average Bonchev–Trinajstić information content (AvgIpc) is 3.08. The van der Waals surface area contributed by atoms with Gasteiger partial charge in [-0.3, -0.25) is 15.1 Å². The van der Waals surface area contributed by atoms with Gasteiger partial charge in [0.05, 0.1) is 28.1 Å². The fraction of sp³-hybridized carbons (Fsp3) is 0.182. The molecule has 1 aliphatic heterocycles. The van der Waals surface area contributed by atoms with Gasteiger partial charge in [-0.1, -0.05) is 29.8 Å². The molecule has 232 valence electrons. The number of benzene rings is 3. The quantitative estimate of drug-likeness (QED) is 0.179. The molecule has 3 N–H and O–H groups in total. The Morgan fingerprint density at radius 2 is 1.91 bits per heavy atom. The monoisotopic (exact) mass is 639 g/mol. The van der Waals surface area contributed by atoms with Gasteiger partial charge in [-0.2, -0.15) is 5.26 Å². The summed E-state index contributed by atoms with van der Waals surface area (Å²) in [6, 6.07) is 17.0. The number of hydrogen-bond acceptors (Lipinski definition) is 11. The molecule has 3 heterocycles. The maximum absolute atomic E-state index is 11.5. The number of pyridine rings is 1. The Morgan fingerprint density at radius 3 is 2.72 bits per heavy atom. The van der Waals surface area contributed by atoms with Crippen molar-refractivity contribution < 1.29 is 34.0 Å². The summed E-state index contributed by atoms with van der Waals surface area (Å²) in [4.78, 5) is 24.4. The van der Waals surface area contributed by atoms with Crippen LogP contribution in [0.1, 0.15) is 16.7 Å². The third kappa shape index (κ3) is 6.62. The number of ether oxygens (including phenoxy) is 4. The van der Waals surface area contributed by atoms with Crippen LogP contribution >= 0.6 is 11.6 Å². The summed E-state index contributed by atoms with van der Waals surface area (Å²) >= 11 is 6.68. The number of aliphatic carboxylic acids is 1. The van der Waals surface area contributed by atoms with E-state index in [1.807, 2.05) is 42.5 Å². The van der Waals surface area contributed by atoms with Crippen LogP contribution in [0.25, 0.3) is 22.0 Å². The molecular weight excluding hydrogens is 614 g/mol. The van der Waals surface area contributed by atoms with Gasteiger partial charge in [-0.15, -0.1) is 0 Å². The van der Waals surface area contributed by atoms with Gasteiger partial charge in [0.15, 0.2) is 17.2 Å². The van der Waals surface area contributed by atoms with E-state index in [1.165, 1.54) is 12.5 Å². The molecule has 6 rings (SSSR count). The highest BCUT2D eigenvalue weighted by molar-refractivity contribution is 6.32. The van der Waals surface area contributed by atoms with E-state index in [9.17, 15) is 20.3 Å². The first-order valence-electron chi connectivity index (χ1n) is 14.1. The normalized spacial score (nSPS) is 12.7. The summed E-state index contributed by atoms with van der Waals surface area (Å²) < 4.78 is 23.8. The molecule has 0 bridgehead atoms. The van der Waals surface area contributed by atoms with Crippen molar-refractivity contribution in [2.45, 2.75) is 19.2 Å². The number of para-hydroxylation sites is 1. The summed E-state index contributed by atoms with van der Waals surface area (Å²) in [5.41, 5.74) is 3.89. The van der Waals surface area contributed by atoms with Crippen LogP contribution in [0.4, 0.5) is 0 Å². The molecule has 0 fully saturated rings. The lowest BCUT2D eigenvalue weighted by atomic mass is 10.0. The number of carboxylic acid groups (broad SMARTS) is 1. The van der Waals surface area contributed by atoms with Gasteiger partial charge < -0.3 is 29.2 Å². The molecular formula is C33H26ClN5O7. The number of nitriles is 1. The van der Waals surface area contributed by atoms with E-state index in [-0.39, 0.29) is 29.8 Å². The molecule has 1 atom stereocenters. The third-order valence-corrected chi connectivity index (χ3v) is 7.44. The number of nitrogens with zero attached hydrogens (tertiary/aromatic N) is 4. The van der Waals surface area contributed by atoms with Crippen molar-refractivity contribution in [2.24, 2.45) is 0 Å². The minimum atomic E-state index is -1.21. The maximum atomic E-state index is 11.5. The fourth-order valence-corrected chi connectivity index (χ4v) is 5.10. The molecule has 5 aromatic rings. The van der Waals surface area contributed by atoms with Gasteiger partial charge in [-0.25, -0.2) is 9.97 Å². The lowest BCUT2D eigenvalue weighted by molar-refractivity contribution is -0.140. The van der Waals surface area contributed by atoms with E-state index in [0.717, 1.165) is 11.1 Å². The van der Waals surface area contributed by atoms with Gasteiger partial charge in [0.2, 0.25) is 5.88 Å². The molecule has 46 heavy (non-hydrogen) atoms. The van der Waals surface area contributed by atoms with Gasteiger partial charge in [0, 0.05) is 41.7 Å². The first kappa shape index (κ1) is 30.5. The maximum Gasteiger partial charge on any atom is 0.323 e. The fourth-order valence-electron chi connectivity index (χ4n) is 4.87. The second-order valence-electron chi connectivity index (χ2n) is 10.2. The van der Waals surface area contributed by atoms with E-state index in [4.69, 9.17) is 30.5 Å². The summed E-state index contributed by atoms with van der Waals surface area (Å²) in [5.74, 6) is 0.938. The minimum Gasteiger partial charge on any atom is -0.488 e.